The van der Waals surface area contributed by atoms with Gasteiger partial charge in [-0.05, 0) is 36.8 Å². The lowest BCUT2D eigenvalue weighted by Crippen LogP contribution is -1.85. The van der Waals surface area contributed by atoms with Crippen LogP contribution in [0.25, 0.3) is 22.4 Å². The molecule has 0 bridgehead atoms. The SMILES string of the molecule is Cc1ccc2nc(-c3cccc(F)c3Cl)[nH]c2c1. The fraction of sp³-hybridized carbons (Fsp3) is 0.0714. The minimum absolute atomic E-state index is 0.0910. The van der Waals surface area contributed by atoms with Crippen molar-refractivity contribution in [3.8, 4) is 11.4 Å². The molecule has 0 saturated carbocycles. The Morgan fingerprint density at radius 3 is 2.89 bits per heavy atom. The third-order valence-electron chi connectivity index (χ3n) is 2.84. The summed E-state index contributed by atoms with van der Waals surface area (Å²) in [5.41, 5.74) is 3.48. The molecule has 2 aromatic carbocycles. The number of benzene rings is 2. The lowest BCUT2D eigenvalue weighted by atomic mass is 10.2. The second-order valence-corrected chi connectivity index (χ2v) is 4.59. The average Bonchev–Trinajstić information content (AvgIpc) is 2.75. The van der Waals surface area contributed by atoms with Crippen LogP contribution in [0.5, 0.6) is 0 Å². The molecule has 0 atom stereocenters. The van der Waals surface area contributed by atoms with Gasteiger partial charge in [0.15, 0.2) is 0 Å². The van der Waals surface area contributed by atoms with Gasteiger partial charge in [-0.2, -0.15) is 0 Å². The molecule has 0 saturated heterocycles. The number of hydrogen-bond acceptors (Lipinski definition) is 1. The number of aryl methyl sites for hydroxylation is 1. The van der Waals surface area contributed by atoms with Crippen LogP contribution in [0.1, 0.15) is 5.56 Å². The first-order valence-corrected chi connectivity index (χ1v) is 5.94. The maximum absolute atomic E-state index is 13.4. The summed E-state index contributed by atoms with van der Waals surface area (Å²) in [4.78, 5) is 7.58. The molecule has 0 aliphatic rings. The highest BCUT2D eigenvalue weighted by atomic mass is 35.5. The van der Waals surface area contributed by atoms with Crippen molar-refractivity contribution in [3.05, 3.63) is 52.8 Å². The number of aromatic amines is 1. The Hall–Kier alpha value is -1.87. The molecular formula is C14H10ClFN2. The number of nitrogens with one attached hydrogen (secondary N) is 1. The quantitative estimate of drug-likeness (QED) is 0.693. The van der Waals surface area contributed by atoms with Gasteiger partial charge in [0.05, 0.1) is 16.1 Å². The lowest BCUT2D eigenvalue weighted by molar-refractivity contribution is 0.628. The molecule has 3 rings (SSSR count). The monoisotopic (exact) mass is 260 g/mol. The Kier molecular flexibility index (Phi) is 2.56. The summed E-state index contributed by atoms with van der Waals surface area (Å²) in [7, 11) is 0. The van der Waals surface area contributed by atoms with Crippen molar-refractivity contribution >= 4 is 22.6 Å². The molecule has 90 valence electrons. The number of hydrogen-bond donors (Lipinski definition) is 1. The normalized spacial score (nSPS) is 11.1. The van der Waals surface area contributed by atoms with E-state index < -0.39 is 5.82 Å². The molecule has 0 aliphatic heterocycles. The fourth-order valence-electron chi connectivity index (χ4n) is 1.94. The van der Waals surface area contributed by atoms with Gasteiger partial charge in [-0.15, -0.1) is 0 Å². The molecule has 0 unspecified atom stereocenters. The van der Waals surface area contributed by atoms with E-state index in [1.165, 1.54) is 6.07 Å². The Morgan fingerprint density at radius 1 is 1.22 bits per heavy atom. The largest absolute Gasteiger partial charge is 0.338 e. The van der Waals surface area contributed by atoms with Crippen LogP contribution >= 0.6 is 11.6 Å². The third-order valence-corrected chi connectivity index (χ3v) is 3.23. The minimum Gasteiger partial charge on any atom is -0.338 e. The van der Waals surface area contributed by atoms with Crippen LogP contribution in [0.4, 0.5) is 4.39 Å². The number of halogens is 2. The number of rotatable bonds is 1. The van der Waals surface area contributed by atoms with Crippen molar-refractivity contribution in [2.45, 2.75) is 6.92 Å². The summed E-state index contributed by atoms with van der Waals surface area (Å²) in [6, 6.07) is 10.6. The van der Waals surface area contributed by atoms with Gasteiger partial charge in [0, 0.05) is 5.56 Å². The van der Waals surface area contributed by atoms with Crippen LogP contribution < -0.4 is 0 Å². The smallest absolute Gasteiger partial charge is 0.142 e. The predicted molar refractivity (Wildman–Crippen MR) is 71.2 cm³/mol. The summed E-state index contributed by atoms with van der Waals surface area (Å²) in [5.74, 6) is 0.144. The van der Waals surface area contributed by atoms with Crippen molar-refractivity contribution in [2.24, 2.45) is 0 Å². The Balaban J connectivity index is 2.22. The van der Waals surface area contributed by atoms with Gasteiger partial charge in [-0.25, -0.2) is 9.37 Å². The fourth-order valence-corrected chi connectivity index (χ4v) is 2.15. The topological polar surface area (TPSA) is 28.7 Å². The van der Waals surface area contributed by atoms with E-state index >= 15 is 0 Å². The van der Waals surface area contributed by atoms with Crippen LogP contribution in [0.3, 0.4) is 0 Å². The van der Waals surface area contributed by atoms with Crippen molar-refractivity contribution in [1.29, 1.82) is 0 Å². The molecule has 0 spiro atoms. The van der Waals surface area contributed by atoms with Gasteiger partial charge >= 0.3 is 0 Å². The molecule has 1 aromatic heterocycles. The van der Waals surface area contributed by atoms with Gasteiger partial charge in [-0.3, -0.25) is 0 Å². The molecule has 2 nitrogen and oxygen atoms in total. The van der Waals surface area contributed by atoms with E-state index in [0.29, 0.717) is 11.4 Å². The van der Waals surface area contributed by atoms with E-state index in [1.54, 1.807) is 12.1 Å². The van der Waals surface area contributed by atoms with Crippen LogP contribution in [-0.2, 0) is 0 Å². The summed E-state index contributed by atoms with van der Waals surface area (Å²) in [6.45, 7) is 2.01. The molecule has 1 N–H and O–H groups in total. The van der Waals surface area contributed by atoms with Crippen molar-refractivity contribution < 1.29 is 4.39 Å². The molecule has 18 heavy (non-hydrogen) atoms. The zero-order valence-electron chi connectivity index (χ0n) is 9.67. The van der Waals surface area contributed by atoms with Gasteiger partial charge in [-0.1, -0.05) is 23.7 Å². The van der Waals surface area contributed by atoms with Crippen LogP contribution in [0.2, 0.25) is 5.02 Å². The zero-order chi connectivity index (χ0) is 12.7. The number of fused-ring (bicyclic) bond motifs is 1. The Morgan fingerprint density at radius 2 is 2.06 bits per heavy atom. The van der Waals surface area contributed by atoms with Crippen LogP contribution in [0.15, 0.2) is 36.4 Å². The highest BCUT2D eigenvalue weighted by Crippen LogP contribution is 2.29. The van der Waals surface area contributed by atoms with E-state index in [4.69, 9.17) is 11.6 Å². The van der Waals surface area contributed by atoms with E-state index in [1.807, 2.05) is 25.1 Å². The highest BCUT2D eigenvalue weighted by Gasteiger charge is 2.11. The predicted octanol–water partition coefficient (Wildman–Crippen LogP) is 4.33. The summed E-state index contributed by atoms with van der Waals surface area (Å²) >= 11 is 5.95. The van der Waals surface area contributed by atoms with E-state index in [-0.39, 0.29) is 5.02 Å². The Bertz CT molecular complexity index is 734. The van der Waals surface area contributed by atoms with Gasteiger partial charge in [0.1, 0.15) is 11.6 Å². The average molecular weight is 261 g/mol. The highest BCUT2D eigenvalue weighted by molar-refractivity contribution is 6.33. The van der Waals surface area contributed by atoms with Crippen molar-refractivity contribution in [1.82, 2.24) is 9.97 Å². The molecule has 0 radical (unpaired) electrons. The molecule has 3 aromatic rings. The summed E-state index contributed by atoms with van der Waals surface area (Å²) in [5, 5.41) is 0.0910. The van der Waals surface area contributed by atoms with Crippen molar-refractivity contribution in [2.75, 3.05) is 0 Å². The summed E-state index contributed by atoms with van der Waals surface area (Å²) in [6.07, 6.45) is 0. The number of nitrogens with zero attached hydrogens (tertiary/aromatic N) is 1. The second kappa shape index (κ2) is 4.10. The maximum Gasteiger partial charge on any atom is 0.142 e. The van der Waals surface area contributed by atoms with E-state index in [0.717, 1.165) is 16.6 Å². The maximum atomic E-state index is 13.4. The Labute approximate surface area is 108 Å². The number of aromatic nitrogens is 2. The van der Waals surface area contributed by atoms with Gasteiger partial charge < -0.3 is 4.98 Å². The first kappa shape index (κ1) is 11.2. The molecule has 0 fully saturated rings. The van der Waals surface area contributed by atoms with Crippen LogP contribution in [-0.4, -0.2) is 9.97 Å². The zero-order valence-corrected chi connectivity index (χ0v) is 10.4. The van der Waals surface area contributed by atoms with E-state index in [9.17, 15) is 4.39 Å². The van der Waals surface area contributed by atoms with Gasteiger partial charge in [0.2, 0.25) is 0 Å². The van der Waals surface area contributed by atoms with Crippen LogP contribution in [0, 0.1) is 12.7 Å². The van der Waals surface area contributed by atoms with E-state index in [2.05, 4.69) is 9.97 Å². The first-order valence-electron chi connectivity index (χ1n) is 5.56. The molecule has 0 aliphatic carbocycles. The minimum atomic E-state index is -0.439. The lowest BCUT2D eigenvalue weighted by Gasteiger charge is -2.00. The molecule has 1 heterocycles. The molecule has 0 amide bonds. The third kappa shape index (κ3) is 1.77. The van der Waals surface area contributed by atoms with Gasteiger partial charge in [0.25, 0.3) is 0 Å². The first-order chi connectivity index (χ1) is 8.65. The number of imidazole rings is 1. The van der Waals surface area contributed by atoms with Crippen molar-refractivity contribution in [3.63, 3.8) is 0 Å². The molecule has 4 heteroatoms. The number of H-pyrrole nitrogens is 1. The standard InChI is InChI=1S/C14H10ClFN2/c1-8-5-6-11-12(7-8)18-14(17-11)9-3-2-4-10(16)13(9)15/h2-7H,1H3,(H,17,18). The molecular weight excluding hydrogens is 251 g/mol. The second-order valence-electron chi connectivity index (χ2n) is 4.21. The summed E-state index contributed by atoms with van der Waals surface area (Å²) < 4.78 is 13.4.